The van der Waals surface area contributed by atoms with E-state index in [1.807, 2.05) is 11.9 Å². The van der Waals surface area contributed by atoms with Gasteiger partial charge in [-0.3, -0.25) is 9.69 Å². The van der Waals surface area contributed by atoms with Crippen LogP contribution in [0.1, 0.15) is 46.8 Å². The highest BCUT2D eigenvalue weighted by Crippen LogP contribution is 2.34. The van der Waals surface area contributed by atoms with Crippen molar-refractivity contribution in [2.75, 3.05) is 32.4 Å². The van der Waals surface area contributed by atoms with Crippen molar-refractivity contribution >= 4 is 27.3 Å². The number of carbonyl (C=O) groups is 1. The maximum atomic E-state index is 13.9. The summed E-state index contributed by atoms with van der Waals surface area (Å²) in [5, 5.41) is 5.94. The number of nitrogens with one attached hydrogen (secondary N) is 2. The predicted molar refractivity (Wildman–Crippen MR) is 134 cm³/mol. The van der Waals surface area contributed by atoms with Crippen LogP contribution in [-0.4, -0.2) is 51.7 Å². The van der Waals surface area contributed by atoms with E-state index in [2.05, 4.69) is 10.6 Å². The standard InChI is InChI=1S/C25H31ClF3N3O3S/c1-3-36(34,35)23-9-8-21(26)11-20(23)14-31-24(33)18-6-7-19(22(12-18)25(27,28)29)16-32-10-4-5-17(15-32)13-30-2/h6-9,11-12,17,30H,3-5,10,13-16H2,1-2H3,(H,31,33)/t17-/m0/s1. The summed E-state index contributed by atoms with van der Waals surface area (Å²) in [5.74, 6) is -0.492. The summed E-state index contributed by atoms with van der Waals surface area (Å²) in [4.78, 5) is 14.8. The van der Waals surface area contributed by atoms with Gasteiger partial charge >= 0.3 is 6.18 Å². The van der Waals surface area contributed by atoms with Crippen LogP contribution >= 0.6 is 11.6 Å². The lowest BCUT2D eigenvalue weighted by atomic mass is 9.96. The van der Waals surface area contributed by atoms with E-state index in [-0.39, 0.29) is 45.5 Å². The fraction of sp³-hybridized carbons (Fsp3) is 0.480. The lowest BCUT2D eigenvalue weighted by molar-refractivity contribution is -0.138. The van der Waals surface area contributed by atoms with Gasteiger partial charge in [-0.25, -0.2) is 8.42 Å². The molecule has 1 saturated heterocycles. The molecular formula is C25H31ClF3N3O3S. The zero-order valence-corrected chi connectivity index (χ0v) is 21.9. The van der Waals surface area contributed by atoms with Gasteiger partial charge in [-0.15, -0.1) is 0 Å². The molecule has 2 N–H and O–H groups in total. The van der Waals surface area contributed by atoms with Crippen LogP contribution in [0.3, 0.4) is 0 Å². The number of rotatable bonds is 9. The summed E-state index contributed by atoms with van der Waals surface area (Å²) < 4.78 is 66.5. The number of hydrogen-bond acceptors (Lipinski definition) is 5. The van der Waals surface area contributed by atoms with Crippen molar-refractivity contribution in [3.63, 3.8) is 0 Å². The lowest BCUT2D eigenvalue weighted by Crippen LogP contribution is -2.38. The molecular weight excluding hydrogens is 515 g/mol. The van der Waals surface area contributed by atoms with Crippen LogP contribution in [0.4, 0.5) is 13.2 Å². The minimum Gasteiger partial charge on any atom is -0.348 e. The van der Waals surface area contributed by atoms with Crippen LogP contribution in [0.15, 0.2) is 41.3 Å². The minimum absolute atomic E-state index is 0.0270. The molecule has 11 heteroatoms. The zero-order valence-electron chi connectivity index (χ0n) is 20.3. The van der Waals surface area contributed by atoms with Gasteiger partial charge in [-0.05, 0) is 80.4 Å². The Balaban J connectivity index is 1.79. The average Bonchev–Trinajstić information content (AvgIpc) is 2.82. The second kappa shape index (κ2) is 11.9. The molecule has 2 aromatic rings. The van der Waals surface area contributed by atoms with Crippen LogP contribution in [-0.2, 0) is 29.1 Å². The van der Waals surface area contributed by atoms with Gasteiger partial charge < -0.3 is 10.6 Å². The number of sulfone groups is 1. The molecule has 1 heterocycles. The lowest BCUT2D eigenvalue weighted by Gasteiger charge is -2.33. The highest BCUT2D eigenvalue weighted by atomic mass is 35.5. The molecule has 0 aliphatic carbocycles. The number of hydrogen-bond donors (Lipinski definition) is 2. The first kappa shape index (κ1) is 28.4. The van der Waals surface area contributed by atoms with Gasteiger partial charge in [0.15, 0.2) is 9.84 Å². The molecule has 0 spiro atoms. The number of amides is 1. The molecule has 1 amide bonds. The molecule has 2 aromatic carbocycles. The normalized spacial score (nSPS) is 17.2. The Morgan fingerprint density at radius 1 is 1.17 bits per heavy atom. The molecule has 0 radical (unpaired) electrons. The number of alkyl halides is 3. The quantitative estimate of drug-likeness (QED) is 0.485. The summed E-state index contributed by atoms with van der Waals surface area (Å²) in [7, 11) is -1.72. The van der Waals surface area contributed by atoms with Gasteiger partial charge in [0.1, 0.15) is 0 Å². The molecule has 0 unspecified atom stereocenters. The van der Waals surface area contributed by atoms with Crippen LogP contribution in [0.2, 0.25) is 5.02 Å². The third-order valence-corrected chi connectivity index (χ3v) is 8.41. The van der Waals surface area contributed by atoms with Gasteiger partial charge in [0.25, 0.3) is 5.91 Å². The zero-order chi connectivity index (χ0) is 26.5. The Morgan fingerprint density at radius 3 is 2.58 bits per heavy atom. The smallest absolute Gasteiger partial charge is 0.348 e. The van der Waals surface area contributed by atoms with E-state index in [1.165, 1.54) is 37.3 Å². The maximum absolute atomic E-state index is 13.9. The van der Waals surface area contributed by atoms with Gasteiger partial charge in [-0.2, -0.15) is 13.2 Å². The molecule has 1 aliphatic rings. The van der Waals surface area contributed by atoms with Crippen LogP contribution in [0.5, 0.6) is 0 Å². The van der Waals surface area contributed by atoms with Crippen LogP contribution < -0.4 is 10.6 Å². The van der Waals surface area contributed by atoms with Crippen LogP contribution in [0, 0.1) is 5.92 Å². The third kappa shape index (κ3) is 7.21. The van der Waals surface area contributed by atoms with Crippen molar-refractivity contribution in [3.8, 4) is 0 Å². The summed E-state index contributed by atoms with van der Waals surface area (Å²) in [5.41, 5.74) is -0.607. The summed E-state index contributed by atoms with van der Waals surface area (Å²) >= 11 is 6.00. The second-order valence-electron chi connectivity index (χ2n) is 9.01. The highest BCUT2D eigenvalue weighted by Gasteiger charge is 2.35. The number of nitrogens with zero attached hydrogens (tertiary/aromatic N) is 1. The molecule has 6 nitrogen and oxygen atoms in total. The largest absolute Gasteiger partial charge is 0.416 e. The molecule has 0 aromatic heterocycles. The number of likely N-dealkylation sites (tertiary alicyclic amines) is 1. The van der Waals surface area contributed by atoms with Crippen molar-refractivity contribution in [1.29, 1.82) is 0 Å². The summed E-state index contributed by atoms with van der Waals surface area (Å²) in [6, 6.07) is 7.81. The SMILES string of the molecule is CCS(=O)(=O)c1ccc(Cl)cc1CNC(=O)c1ccc(CN2CCC[C@@H](CNC)C2)c(C(F)(F)F)c1. The molecule has 0 bridgehead atoms. The first-order chi connectivity index (χ1) is 16.9. The van der Waals surface area contributed by atoms with Crippen molar-refractivity contribution in [1.82, 2.24) is 15.5 Å². The molecule has 1 atom stereocenters. The molecule has 36 heavy (non-hydrogen) atoms. The number of carbonyl (C=O) groups excluding carboxylic acids is 1. The van der Waals surface area contributed by atoms with Gasteiger partial charge in [0.05, 0.1) is 16.2 Å². The van der Waals surface area contributed by atoms with Gasteiger partial charge in [-0.1, -0.05) is 24.6 Å². The van der Waals surface area contributed by atoms with E-state index in [4.69, 9.17) is 11.6 Å². The van der Waals surface area contributed by atoms with Gasteiger partial charge in [0.2, 0.25) is 0 Å². The van der Waals surface area contributed by atoms with Crippen molar-refractivity contribution < 1.29 is 26.4 Å². The maximum Gasteiger partial charge on any atom is 0.416 e. The Hall–Kier alpha value is -2.14. The molecule has 198 valence electrons. The number of piperidine rings is 1. The number of benzene rings is 2. The Kier molecular flexibility index (Phi) is 9.43. The molecule has 1 aliphatic heterocycles. The van der Waals surface area contributed by atoms with E-state index in [9.17, 15) is 26.4 Å². The van der Waals surface area contributed by atoms with Crippen molar-refractivity contribution in [2.24, 2.45) is 5.92 Å². The summed E-state index contributed by atoms with van der Waals surface area (Å²) in [6.45, 7) is 3.70. The van der Waals surface area contributed by atoms with E-state index >= 15 is 0 Å². The van der Waals surface area contributed by atoms with E-state index in [1.54, 1.807) is 0 Å². The second-order valence-corrected chi connectivity index (χ2v) is 11.7. The first-order valence-electron chi connectivity index (χ1n) is 11.8. The van der Waals surface area contributed by atoms with Crippen LogP contribution in [0.25, 0.3) is 0 Å². The monoisotopic (exact) mass is 545 g/mol. The third-order valence-electron chi connectivity index (χ3n) is 6.34. The van der Waals surface area contributed by atoms with Gasteiger partial charge in [0, 0.05) is 30.2 Å². The van der Waals surface area contributed by atoms with Crippen molar-refractivity contribution in [2.45, 2.75) is 43.9 Å². The molecule has 1 fully saturated rings. The fourth-order valence-corrected chi connectivity index (χ4v) is 5.84. The van der Waals surface area contributed by atoms with Crippen molar-refractivity contribution in [3.05, 3.63) is 63.7 Å². The molecule has 3 rings (SSSR count). The first-order valence-corrected chi connectivity index (χ1v) is 13.8. The Morgan fingerprint density at radius 2 is 1.92 bits per heavy atom. The van der Waals surface area contributed by atoms with E-state index in [0.29, 0.717) is 12.5 Å². The summed E-state index contributed by atoms with van der Waals surface area (Å²) in [6.07, 6.45) is -2.66. The predicted octanol–water partition coefficient (Wildman–Crippen LogP) is 4.51. The minimum atomic E-state index is -4.62. The Labute approximate surface area is 215 Å². The fourth-order valence-electron chi connectivity index (χ4n) is 4.53. The van der Waals surface area contributed by atoms with E-state index in [0.717, 1.165) is 32.0 Å². The number of halogens is 4. The average molecular weight is 546 g/mol. The topological polar surface area (TPSA) is 78.5 Å². The molecule has 0 saturated carbocycles. The highest BCUT2D eigenvalue weighted by molar-refractivity contribution is 7.91. The van der Waals surface area contributed by atoms with E-state index < -0.39 is 27.5 Å². The Bertz CT molecular complexity index is 1190.